The summed E-state index contributed by atoms with van der Waals surface area (Å²) in [4.78, 5) is 10.5. The van der Waals surface area contributed by atoms with Crippen molar-refractivity contribution in [3.63, 3.8) is 0 Å². The lowest BCUT2D eigenvalue weighted by Crippen LogP contribution is -2.17. The van der Waals surface area contributed by atoms with Gasteiger partial charge in [0.1, 0.15) is 5.75 Å². The van der Waals surface area contributed by atoms with Gasteiger partial charge in [-0.05, 0) is 16.3 Å². The molecule has 8 nitrogen and oxygen atoms in total. The smallest absolute Gasteiger partial charge is 0.303 e. The van der Waals surface area contributed by atoms with Gasteiger partial charge in [0.25, 0.3) is 0 Å². The van der Waals surface area contributed by atoms with E-state index in [0.717, 1.165) is 6.26 Å². The van der Waals surface area contributed by atoms with E-state index in [0.29, 0.717) is 0 Å². The van der Waals surface area contributed by atoms with Crippen molar-refractivity contribution in [1.29, 1.82) is 0 Å². The van der Waals surface area contributed by atoms with Crippen LogP contribution in [-0.2, 0) is 26.9 Å². The van der Waals surface area contributed by atoms with Crippen LogP contribution in [0.15, 0.2) is 0 Å². The van der Waals surface area contributed by atoms with Gasteiger partial charge < -0.3 is 5.11 Å². The van der Waals surface area contributed by atoms with E-state index in [1.54, 1.807) is 6.92 Å². The quantitative estimate of drug-likeness (QED) is 0.722. The summed E-state index contributed by atoms with van der Waals surface area (Å²) in [5.74, 6) is -1.10. The third-order valence-corrected chi connectivity index (χ3v) is 2.79. The average molecular weight is 262 g/mol. The molecule has 1 atom stereocenters. The zero-order chi connectivity index (χ0) is 13.1. The molecule has 1 aromatic rings. The largest absolute Gasteiger partial charge is 0.481 e. The molecular weight excluding hydrogens is 248 g/mol. The zero-order valence-corrected chi connectivity index (χ0v) is 10.4. The second-order valence-corrected chi connectivity index (χ2v) is 6.19. The fraction of sp³-hybridized carbons (Fsp3) is 0.750. The first-order chi connectivity index (χ1) is 7.78. The molecule has 0 bridgehead atoms. The minimum atomic E-state index is -3.21. The minimum Gasteiger partial charge on any atom is -0.481 e. The van der Waals surface area contributed by atoms with Crippen LogP contribution in [0.3, 0.4) is 0 Å². The highest BCUT2D eigenvalue weighted by molar-refractivity contribution is 7.89. The normalized spacial score (nSPS) is 13.5. The lowest BCUT2D eigenvalue weighted by atomic mass is 10.1. The van der Waals surface area contributed by atoms with Crippen LogP contribution in [0, 0.1) is 5.92 Å². The van der Waals surface area contributed by atoms with Crippen molar-refractivity contribution in [3.8, 4) is 0 Å². The van der Waals surface area contributed by atoms with Gasteiger partial charge in [0.2, 0.25) is 0 Å². The van der Waals surface area contributed by atoms with Gasteiger partial charge in [0.15, 0.2) is 15.7 Å². The van der Waals surface area contributed by atoms with Gasteiger partial charge >= 0.3 is 5.97 Å². The molecule has 0 spiro atoms. The lowest BCUT2D eigenvalue weighted by Gasteiger charge is -2.09. The fourth-order valence-electron chi connectivity index (χ4n) is 1.36. The van der Waals surface area contributed by atoms with Crippen LogP contribution in [0.4, 0.5) is 0 Å². The van der Waals surface area contributed by atoms with Gasteiger partial charge in [-0.3, -0.25) is 4.79 Å². The van der Waals surface area contributed by atoms with Crippen LogP contribution in [-0.4, -0.2) is 46.0 Å². The van der Waals surface area contributed by atoms with Crippen LogP contribution < -0.4 is 0 Å². The zero-order valence-electron chi connectivity index (χ0n) is 9.57. The summed E-state index contributed by atoms with van der Waals surface area (Å²) in [5.41, 5.74) is 0. The number of tetrazole rings is 1. The van der Waals surface area contributed by atoms with Crippen LogP contribution in [0.2, 0.25) is 0 Å². The third kappa shape index (κ3) is 4.89. The van der Waals surface area contributed by atoms with E-state index in [1.165, 1.54) is 4.68 Å². The van der Waals surface area contributed by atoms with Crippen molar-refractivity contribution in [1.82, 2.24) is 20.2 Å². The van der Waals surface area contributed by atoms with Crippen molar-refractivity contribution in [2.45, 2.75) is 25.6 Å². The van der Waals surface area contributed by atoms with E-state index in [2.05, 4.69) is 15.5 Å². The van der Waals surface area contributed by atoms with Gasteiger partial charge in [0, 0.05) is 19.2 Å². The van der Waals surface area contributed by atoms with Gasteiger partial charge in [0.05, 0.1) is 0 Å². The predicted octanol–water partition coefficient (Wildman–Crippen LogP) is -0.671. The summed E-state index contributed by atoms with van der Waals surface area (Å²) in [7, 11) is -3.21. The molecule has 17 heavy (non-hydrogen) atoms. The van der Waals surface area contributed by atoms with Crippen molar-refractivity contribution in [3.05, 3.63) is 5.82 Å². The van der Waals surface area contributed by atoms with Gasteiger partial charge in [-0.25, -0.2) is 13.1 Å². The molecule has 0 saturated heterocycles. The number of nitrogens with zero attached hydrogens (tertiary/aromatic N) is 4. The number of carbonyl (C=O) groups is 1. The summed E-state index contributed by atoms with van der Waals surface area (Å²) in [6.45, 7) is 2.02. The SMILES string of the molecule is CC(CC(=O)O)Cn1nnnc1CS(C)(=O)=O. The van der Waals surface area contributed by atoms with E-state index >= 15 is 0 Å². The number of carboxylic acid groups (broad SMARTS) is 1. The van der Waals surface area contributed by atoms with Gasteiger partial charge in [-0.1, -0.05) is 6.92 Å². The molecule has 1 unspecified atom stereocenters. The number of hydrogen-bond donors (Lipinski definition) is 1. The number of aromatic nitrogens is 4. The Morgan fingerprint density at radius 2 is 2.18 bits per heavy atom. The predicted molar refractivity (Wildman–Crippen MR) is 57.8 cm³/mol. The third-order valence-electron chi connectivity index (χ3n) is 2.01. The molecule has 0 aromatic carbocycles. The van der Waals surface area contributed by atoms with Crippen LogP contribution in [0.1, 0.15) is 19.2 Å². The summed E-state index contributed by atoms with van der Waals surface area (Å²) in [6, 6.07) is 0. The second-order valence-electron chi connectivity index (χ2n) is 4.05. The Morgan fingerprint density at radius 3 is 2.71 bits per heavy atom. The van der Waals surface area contributed by atoms with Crippen molar-refractivity contribution < 1.29 is 18.3 Å². The Morgan fingerprint density at radius 1 is 1.53 bits per heavy atom. The lowest BCUT2D eigenvalue weighted by molar-refractivity contribution is -0.138. The van der Waals surface area contributed by atoms with E-state index in [4.69, 9.17) is 5.11 Å². The van der Waals surface area contributed by atoms with E-state index in [1.807, 2.05) is 0 Å². The molecule has 1 heterocycles. The van der Waals surface area contributed by atoms with E-state index in [-0.39, 0.29) is 30.5 Å². The highest BCUT2D eigenvalue weighted by Crippen LogP contribution is 2.07. The molecule has 0 radical (unpaired) electrons. The first-order valence-corrected chi connectivity index (χ1v) is 6.98. The Kier molecular flexibility index (Phi) is 4.16. The molecule has 96 valence electrons. The molecule has 0 aliphatic heterocycles. The maximum Gasteiger partial charge on any atom is 0.303 e. The van der Waals surface area contributed by atoms with Gasteiger partial charge in [-0.2, -0.15) is 0 Å². The van der Waals surface area contributed by atoms with Crippen LogP contribution >= 0.6 is 0 Å². The van der Waals surface area contributed by atoms with Gasteiger partial charge in [-0.15, -0.1) is 5.10 Å². The monoisotopic (exact) mass is 262 g/mol. The summed E-state index contributed by atoms with van der Waals surface area (Å²) in [6.07, 6.45) is 1.07. The van der Waals surface area contributed by atoms with E-state index in [9.17, 15) is 13.2 Å². The maximum atomic E-state index is 11.1. The molecular formula is C8H14N4O4S. The molecule has 0 aliphatic rings. The molecule has 0 saturated carbocycles. The minimum absolute atomic E-state index is 0.0157. The molecule has 0 fully saturated rings. The Labute approximate surface area is 98.6 Å². The molecule has 0 amide bonds. The standard InChI is InChI=1S/C8H14N4O4S/c1-6(3-8(13)14)4-12-7(9-10-11-12)5-17(2,15)16/h6H,3-5H2,1-2H3,(H,13,14). The first kappa shape index (κ1) is 13.6. The summed E-state index contributed by atoms with van der Waals surface area (Å²) in [5, 5.41) is 19.3. The average Bonchev–Trinajstić information content (AvgIpc) is 2.48. The van der Waals surface area contributed by atoms with Crippen molar-refractivity contribution in [2.24, 2.45) is 5.92 Å². The molecule has 0 aliphatic carbocycles. The fourth-order valence-corrected chi connectivity index (χ4v) is 2.04. The number of carboxylic acids is 1. The number of sulfone groups is 1. The topological polar surface area (TPSA) is 115 Å². The Balaban J connectivity index is 2.72. The molecule has 1 N–H and O–H groups in total. The number of aliphatic carboxylic acids is 1. The van der Waals surface area contributed by atoms with Crippen LogP contribution in [0.5, 0.6) is 0 Å². The Bertz CT molecular complexity index is 495. The molecule has 1 aromatic heterocycles. The summed E-state index contributed by atoms with van der Waals surface area (Å²) < 4.78 is 23.6. The van der Waals surface area contributed by atoms with Crippen LogP contribution in [0.25, 0.3) is 0 Å². The van der Waals surface area contributed by atoms with E-state index < -0.39 is 15.8 Å². The molecule has 9 heteroatoms. The van der Waals surface area contributed by atoms with Crippen molar-refractivity contribution >= 4 is 15.8 Å². The maximum absolute atomic E-state index is 11.1. The number of hydrogen-bond acceptors (Lipinski definition) is 6. The Hall–Kier alpha value is -1.51. The highest BCUT2D eigenvalue weighted by atomic mass is 32.2. The van der Waals surface area contributed by atoms with Crippen molar-refractivity contribution in [2.75, 3.05) is 6.26 Å². The summed E-state index contributed by atoms with van der Waals surface area (Å²) >= 11 is 0. The first-order valence-electron chi connectivity index (χ1n) is 4.92. The second kappa shape index (κ2) is 5.21. The molecule has 1 rings (SSSR count). The number of rotatable bonds is 6. The highest BCUT2D eigenvalue weighted by Gasteiger charge is 2.16.